The maximum Gasteiger partial charge on any atom is 0.407 e. The average molecular weight is 306 g/mol. The molecule has 1 unspecified atom stereocenters. The molecule has 1 aliphatic rings. The summed E-state index contributed by atoms with van der Waals surface area (Å²) in [5.41, 5.74) is 7.06. The summed E-state index contributed by atoms with van der Waals surface area (Å²) in [6.45, 7) is 9.22. The minimum absolute atomic E-state index is 0.0725. The molecule has 1 saturated heterocycles. The van der Waals surface area contributed by atoms with Crippen molar-refractivity contribution in [2.75, 3.05) is 23.7 Å². The third-order valence-electron chi connectivity index (χ3n) is 3.60. The second-order valence-corrected chi connectivity index (χ2v) is 6.83. The van der Waals surface area contributed by atoms with Crippen molar-refractivity contribution in [1.29, 1.82) is 0 Å². The van der Waals surface area contributed by atoms with Gasteiger partial charge in [-0.2, -0.15) is 0 Å². The van der Waals surface area contributed by atoms with Crippen LogP contribution in [0.15, 0.2) is 12.3 Å². The normalized spacial score (nSPS) is 18.9. The molecule has 0 radical (unpaired) electrons. The van der Waals surface area contributed by atoms with Crippen molar-refractivity contribution in [1.82, 2.24) is 10.3 Å². The molecule has 0 spiro atoms. The Morgan fingerprint density at radius 1 is 1.50 bits per heavy atom. The van der Waals surface area contributed by atoms with Gasteiger partial charge in [0.25, 0.3) is 0 Å². The first-order chi connectivity index (χ1) is 10.2. The van der Waals surface area contributed by atoms with Crippen LogP contribution in [0.4, 0.5) is 16.3 Å². The third kappa shape index (κ3) is 4.51. The van der Waals surface area contributed by atoms with Crippen LogP contribution in [0.5, 0.6) is 0 Å². The Morgan fingerprint density at radius 2 is 2.23 bits per heavy atom. The van der Waals surface area contributed by atoms with Gasteiger partial charge in [-0.15, -0.1) is 0 Å². The Labute approximate surface area is 132 Å². The van der Waals surface area contributed by atoms with Gasteiger partial charge >= 0.3 is 6.09 Å². The van der Waals surface area contributed by atoms with Gasteiger partial charge in [-0.25, -0.2) is 9.78 Å². The fourth-order valence-electron chi connectivity index (χ4n) is 2.50. The number of alkyl carbamates (subject to hydrolysis) is 1. The molecule has 1 aliphatic heterocycles. The second-order valence-electron chi connectivity index (χ2n) is 6.83. The SMILES string of the molecule is Cc1cc(N2CCCC(NC(=O)OC(C)(C)C)C2)ncc1N. The van der Waals surface area contributed by atoms with Crippen molar-refractivity contribution in [3.8, 4) is 0 Å². The van der Waals surface area contributed by atoms with Crippen molar-refractivity contribution in [2.24, 2.45) is 0 Å². The van der Waals surface area contributed by atoms with E-state index in [1.807, 2.05) is 33.8 Å². The van der Waals surface area contributed by atoms with E-state index in [-0.39, 0.29) is 12.1 Å². The highest BCUT2D eigenvalue weighted by atomic mass is 16.6. The molecule has 2 rings (SSSR count). The zero-order valence-corrected chi connectivity index (χ0v) is 13.8. The number of rotatable bonds is 2. The van der Waals surface area contributed by atoms with Crippen molar-refractivity contribution in [2.45, 2.75) is 52.2 Å². The van der Waals surface area contributed by atoms with Gasteiger partial charge in [-0.05, 0) is 52.2 Å². The molecule has 1 aromatic heterocycles. The lowest BCUT2D eigenvalue weighted by Gasteiger charge is -2.34. The molecule has 1 aromatic rings. The number of hydrogen-bond donors (Lipinski definition) is 2. The quantitative estimate of drug-likeness (QED) is 0.877. The topological polar surface area (TPSA) is 80.5 Å². The van der Waals surface area contributed by atoms with E-state index < -0.39 is 5.60 Å². The number of nitrogens with zero attached hydrogens (tertiary/aromatic N) is 2. The predicted octanol–water partition coefficient (Wildman–Crippen LogP) is 2.47. The van der Waals surface area contributed by atoms with E-state index in [0.717, 1.165) is 37.3 Å². The number of anilines is 2. The summed E-state index contributed by atoms with van der Waals surface area (Å²) >= 11 is 0. The van der Waals surface area contributed by atoms with E-state index in [9.17, 15) is 4.79 Å². The molecule has 6 nitrogen and oxygen atoms in total. The Kier molecular flexibility index (Phi) is 4.78. The molecule has 0 bridgehead atoms. The summed E-state index contributed by atoms with van der Waals surface area (Å²) < 4.78 is 5.32. The van der Waals surface area contributed by atoms with Gasteiger partial charge in [0.2, 0.25) is 0 Å². The maximum absolute atomic E-state index is 11.9. The summed E-state index contributed by atoms with van der Waals surface area (Å²) in [7, 11) is 0. The summed E-state index contributed by atoms with van der Waals surface area (Å²) in [6.07, 6.45) is 3.28. The largest absolute Gasteiger partial charge is 0.444 e. The molecule has 6 heteroatoms. The Balaban J connectivity index is 1.96. The first kappa shape index (κ1) is 16.4. The Hall–Kier alpha value is -1.98. The number of ether oxygens (including phenoxy) is 1. The average Bonchev–Trinajstić information content (AvgIpc) is 2.40. The van der Waals surface area contributed by atoms with Gasteiger partial charge in [-0.1, -0.05) is 0 Å². The molecule has 1 fully saturated rings. The first-order valence-electron chi connectivity index (χ1n) is 7.71. The zero-order chi connectivity index (χ0) is 16.3. The van der Waals surface area contributed by atoms with E-state index >= 15 is 0 Å². The molecule has 3 N–H and O–H groups in total. The van der Waals surface area contributed by atoms with Crippen LogP contribution in [0.2, 0.25) is 0 Å². The first-order valence-corrected chi connectivity index (χ1v) is 7.71. The highest BCUT2D eigenvalue weighted by Crippen LogP contribution is 2.21. The molecule has 2 heterocycles. The number of piperidine rings is 1. The van der Waals surface area contributed by atoms with Gasteiger partial charge in [0.05, 0.1) is 11.9 Å². The molecule has 1 atom stereocenters. The molecule has 1 amide bonds. The Bertz CT molecular complexity index is 539. The number of pyridine rings is 1. The van der Waals surface area contributed by atoms with Crippen LogP contribution in [-0.2, 0) is 4.74 Å². The monoisotopic (exact) mass is 306 g/mol. The fourth-order valence-corrected chi connectivity index (χ4v) is 2.50. The lowest BCUT2D eigenvalue weighted by molar-refractivity contribution is 0.0500. The zero-order valence-electron chi connectivity index (χ0n) is 13.8. The van der Waals surface area contributed by atoms with Crippen molar-refractivity contribution < 1.29 is 9.53 Å². The minimum Gasteiger partial charge on any atom is -0.444 e. The number of nitrogens with two attached hydrogens (primary N) is 1. The number of amides is 1. The Morgan fingerprint density at radius 3 is 2.86 bits per heavy atom. The lowest BCUT2D eigenvalue weighted by Crippen LogP contribution is -2.49. The van der Waals surface area contributed by atoms with Crippen LogP contribution in [0, 0.1) is 6.92 Å². The molecular weight excluding hydrogens is 280 g/mol. The minimum atomic E-state index is -0.478. The van der Waals surface area contributed by atoms with Crippen molar-refractivity contribution in [3.05, 3.63) is 17.8 Å². The smallest absolute Gasteiger partial charge is 0.407 e. The second kappa shape index (κ2) is 6.42. The molecule has 22 heavy (non-hydrogen) atoms. The summed E-state index contributed by atoms with van der Waals surface area (Å²) in [5.74, 6) is 0.905. The third-order valence-corrected chi connectivity index (χ3v) is 3.60. The van der Waals surface area contributed by atoms with Crippen molar-refractivity contribution in [3.63, 3.8) is 0 Å². The molecule has 0 aromatic carbocycles. The standard InChI is InChI=1S/C16H26N4O2/c1-11-8-14(18-9-13(11)17)20-7-5-6-12(10-20)19-15(21)22-16(2,3)4/h8-9,12H,5-7,10,17H2,1-4H3,(H,19,21). The maximum atomic E-state index is 11.9. The number of nitrogen functional groups attached to an aromatic ring is 1. The highest BCUT2D eigenvalue weighted by molar-refractivity contribution is 5.68. The summed E-state index contributed by atoms with van der Waals surface area (Å²) in [4.78, 5) is 18.5. The number of aryl methyl sites for hydroxylation is 1. The van der Waals surface area contributed by atoms with Crippen LogP contribution < -0.4 is 16.0 Å². The summed E-state index contributed by atoms with van der Waals surface area (Å²) in [5, 5.41) is 2.95. The number of carbonyl (C=O) groups excluding carboxylic acids is 1. The molecule has 0 aliphatic carbocycles. The molecular formula is C16H26N4O2. The van der Waals surface area contributed by atoms with Gasteiger partial charge in [0, 0.05) is 19.1 Å². The predicted molar refractivity (Wildman–Crippen MR) is 88.0 cm³/mol. The van der Waals surface area contributed by atoms with Gasteiger partial charge < -0.3 is 20.7 Å². The number of nitrogens with one attached hydrogen (secondary N) is 1. The van der Waals surface area contributed by atoms with Crippen molar-refractivity contribution >= 4 is 17.6 Å². The van der Waals surface area contributed by atoms with Crippen LogP contribution >= 0.6 is 0 Å². The highest BCUT2D eigenvalue weighted by Gasteiger charge is 2.24. The lowest BCUT2D eigenvalue weighted by atomic mass is 10.1. The number of hydrogen-bond acceptors (Lipinski definition) is 5. The van der Waals surface area contributed by atoms with E-state index in [1.165, 1.54) is 0 Å². The number of aromatic nitrogens is 1. The molecule has 0 saturated carbocycles. The van der Waals surface area contributed by atoms with Gasteiger partial charge in [-0.3, -0.25) is 0 Å². The van der Waals surface area contributed by atoms with Crippen LogP contribution in [-0.4, -0.2) is 35.8 Å². The fraction of sp³-hybridized carbons (Fsp3) is 0.625. The summed E-state index contributed by atoms with van der Waals surface area (Å²) in [6, 6.07) is 2.06. The van der Waals surface area contributed by atoms with Crippen LogP contribution in [0.3, 0.4) is 0 Å². The number of carbonyl (C=O) groups is 1. The van der Waals surface area contributed by atoms with Gasteiger partial charge in [0.15, 0.2) is 0 Å². The van der Waals surface area contributed by atoms with E-state index in [4.69, 9.17) is 10.5 Å². The van der Waals surface area contributed by atoms with E-state index in [1.54, 1.807) is 6.20 Å². The van der Waals surface area contributed by atoms with Crippen LogP contribution in [0.25, 0.3) is 0 Å². The van der Waals surface area contributed by atoms with E-state index in [2.05, 4.69) is 15.2 Å². The van der Waals surface area contributed by atoms with E-state index in [0.29, 0.717) is 5.69 Å². The molecule has 122 valence electrons. The van der Waals surface area contributed by atoms with Gasteiger partial charge in [0.1, 0.15) is 11.4 Å². The van der Waals surface area contributed by atoms with Crippen LogP contribution in [0.1, 0.15) is 39.2 Å².